The van der Waals surface area contributed by atoms with Gasteiger partial charge in [-0.2, -0.15) is 0 Å². The molecule has 0 bridgehead atoms. The molecule has 6 rings (SSSR count). The average Bonchev–Trinajstić information content (AvgIpc) is 2.99. The third-order valence-corrected chi connectivity index (χ3v) is 6.18. The average molecular weight is 670 g/mol. The fraction of sp³-hybridized carbons (Fsp3) is 0. The Morgan fingerprint density at radius 1 is 0.468 bits per heavy atom. The van der Waals surface area contributed by atoms with Gasteiger partial charge in [0.05, 0.1) is 10.8 Å². The van der Waals surface area contributed by atoms with Gasteiger partial charge in [-0.3, -0.25) is 9.59 Å². The van der Waals surface area contributed by atoms with Crippen LogP contribution in [0.3, 0.4) is 0 Å². The van der Waals surface area contributed by atoms with Crippen LogP contribution in [0, 0.1) is 0 Å². The van der Waals surface area contributed by atoms with Crippen molar-refractivity contribution in [3.05, 3.63) is 93.2 Å². The summed E-state index contributed by atoms with van der Waals surface area (Å²) < 4.78 is 19.7. The second kappa shape index (κ2) is 13.0. The number of fused-ring (bicyclic) bond motifs is 2. The van der Waals surface area contributed by atoms with E-state index in [9.17, 15) is 50.4 Å². The second-order valence-electron chi connectivity index (χ2n) is 9.50. The Labute approximate surface area is 260 Å². The molecule has 4 aromatic carbocycles. The number of phenols is 6. The highest BCUT2D eigenvalue weighted by Crippen LogP contribution is 2.37. The van der Waals surface area contributed by atoms with Gasteiger partial charge in [-0.15, -0.1) is 0 Å². The Hall–Kier alpha value is -6.19. The molecule has 0 aliphatic rings. The standard InChI is InChI=1S/2C15H10O6.H3O4P/c2*16-8-2-3-9-12(6-8)21-15(14(20)13(9)19)7-1-4-10(17)11(18)5-7;1-5(2,3)4/h2*1-6,16-18,20H;(H3,1,2,3,4). The predicted octanol–water partition coefficient (Wildman–Crippen LogP) is 3.64. The topological polar surface area (TPSA) is 300 Å². The molecule has 0 saturated heterocycles. The lowest BCUT2D eigenvalue weighted by Gasteiger charge is -2.07. The van der Waals surface area contributed by atoms with Crippen LogP contribution in [0.2, 0.25) is 0 Å². The monoisotopic (exact) mass is 670 g/mol. The molecule has 11 N–H and O–H groups in total. The number of phenolic OH excluding ortho intramolecular Hbond substituents is 6. The maximum atomic E-state index is 12.1. The Bertz CT molecular complexity index is 2140. The Kier molecular flexibility index (Phi) is 9.35. The number of hydrogen-bond donors (Lipinski definition) is 11. The molecule has 0 amide bonds. The fourth-order valence-corrected chi connectivity index (χ4v) is 4.06. The normalized spacial score (nSPS) is 11.0. The van der Waals surface area contributed by atoms with Crippen molar-refractivity contribution in [2.75, 3.05) is 0 Å². The molecule has 17 heteroatoms. The Morgan fingerprint density at radius 3 is 1.13 bits per heavy atom. The molecule has 0 radical (unpaired) electrons. The summed E-state index contributed by atoms with van der Waals surface area (Å²) in [7, 11) is -4.64. The minimum Gasteiger partial charge on any atom is -0.508 e. The molecule has 2 heterocycles. The zero-order valence-corrected chi connectivity index (χ0v) is 24.2. The lowest BCUT2D eigenvalue weighted by molar-refractivity contribution is 0.275. The highest BCUT2D eigenvalue weighted by molar-refractivity contribution is 7.45. The van der Waals surface area contributed by atoms with E-state index in [2.05, 4.69) is 0 Å². The lowest BCUT2D eigenvalue weighted by Crippen LogP contribution is -2.02. The molecule has 0 aliphatic heterocycles. The Balaban J connectivity index is 0.000000186. The van der Waals surface area contributed by atoms with Crippen molar-refractivity contribution in [1.82, 2.24) is 0 Å². The molecule has 0 unspecified atom stereocenters. The number of rotatable bonds is 2. The van der Waals surface area contributed by atoms with Gasteiger partial charge in [-0.1, -0.05) is 0 Å². The molecular formula is C30H23O16P. The maximum absolute atomic E-state index is 12.1. The molecule has 0 saturated carbocycles. The highest BCUT2D eigenvalue weighted by atomic mass is 31.2. The summed E-state index contributed by atoms with van der Waals surface area (Å²) in [6.07, 6.45) is 0. The summed E-state index contributed by atoms with van der Waals surface area (Å²) in [4.78, 5) is 45.7. The first-order valence-electron chi connectivity index (χ1n) is 12.7. The minimum absolute atomic E-state index is 0.0872. The summed E-state index contributed by atoms with van der Waals surface area (Å²) in [5.74, 6) is -3.21. The second-order valence-corrected chi connectivity index (χ2v) is 10.5. The van der Waals surface area contributed by atoms with Crippen molar-refractivity contribution in [3.63, 3.8) is 0 Å². The van der Waals surface area contributed by atoms with E-state index >= 15 is 0 Å². The van der Waals surface area contributed by atoms with Crippen LogP contribution in [0.15, 0.2) is 91.2 Å². The maximum Gasteiger partial charge on any atom is 0.466 e. The zero-order chi connectivity index (χ0) is 34.8. The van der Waals surface area contributed by atoms with E-state index in [1.807, 2.05) is 0 Å². The third-order valence-electron chi connectivity index (χ3n) is 6.18. The number of hydrogen-bond acceptors (Lipinski definition) is 13. The number of phosphoric acid groups is 1. The van der Waals surface area contributed by atoms with E-state index in [0.717, 1.165) is 12.1 Å². The van der Waals surface area contributed by atoms with E-state index < -0.39 is 41.7 Å². The summed E-state index contributed by atoms with van der Waals surface area (Å²) in [5.41, 5.74) is -0.686. The molecule has 0 spiro atoms. The van der Waals surface area contributed by atoms with Crippen LogP contribution in [0.1, 0.15) is 0 Å². The van der Waals surface area contributed by atoms with E-state index in [1.54, 1.807) is 0 Å². The van der Waals surface area contributed by atoms with Crippen molar-refractivity contribution in [1.29, 1.82) is 0 Å². The minimum atomic E-state index is -4.64. The van der Waals surface area contributed by atoms with Crippen LogP contribution in [-0.2, 0) is 4.57 Å². The largest absolute Gasteiger partial charge is 0.508 e. The first kappa shape index (κ1) is 33.7. The zero-order valence-electron chi connectivity index (χ0n) is 23.3. The summed E-state index contributed by atoms with van der Waals surface area (Å²) >= 11 is 0. The summed E-state index contributed by atoms with van der Waals surface area (Å²) in [6.45, 7) is 0. The highest BCUT2D eigenvalue weighted by Gasteiger charge is 2.18. The first-order chi connectivity index (χ1) is 21.9. The molecule has 6 aromatic rings. The van der Waals surface area contributed by atoms with Crippen molar-refractivity contribution >= 4 is 29.8 Å². The van der Waals surface area contributed by atoms with E-state index in [0.29, 0.717) is 0 Å². The predicted molar refractivity (Wildman–Crippen MR) is 163 cm³/mol. The fourth-order valence-electron chi connectivity index (χ4n) is 4.06. The molecule has 2 aromatic heterocycles. The van der Waals surface area contributed by atoms with Gasteiger partial charge in [0.2, 0.25) is 22.4 Å². The van der Waals surface area contributed by atoms with Crippen molar-refractivity contribution in [2.45, 2.75) is 0 Å². The number of benzene rings is 4. The number of aromatic hydroxyl groups is 8. The van der Waals surface area contributed by atoms with Gasteiger partial charge in [0.15, 0.2) is 34.5 Å². The van der Waals surface area contributed by atoms with E-state index in [-0.39, 0.29) is 67.6 Å². The molecule has 47 heavy (non-hydrogen) atoms. The smallest absolute Gasteiger partial charge is 0.466 e. The van der Waals surface area contributed by atoms with E-state index in [1.165, 1.54) is 60.7 Å². The van der Waals surface area contributed by atoms with Gasteiger partial charge in [0.1, 0.15) is 22.7 Å². The lowest BCUT2D eigenvalue weighted by atomic mass is 10.1. The SMILES string of the molecule is O=P(O)(O)O.O=c1c(O)c(-c2ccc(O)c(O)c2)oc2cc(O)ccc12.O=c1c(O)c(-c2ccc(O)c(O)c2)oc2cc(O)ccc12. The van der Waals surface area contributed by atoms with Gasteiger partial charge in [-0.25, -0.2) is 4.57 Å². The van der Waals surface area contributed by atoms with Crippen LogP contribution < -0.4 is 10.9 Å². The third kappa shape index (κ3) is 7.73. The van der Waals surface area contributed by atoms with Crippen molar-refractivity contribution in [3.8, 4) is 68.6 Å². The molecule has 16 nitrogen and oxygen atoms in total. The molecule has 0 atom stereocenters. The molecule has 244 valence electrons. The summed E-state index contributed by atoms with van der Waals surface area (Å²) in [5, 5.41) is 76.6. The van der Waals surface area contributed by atoms with Crippen molar-refractivity contribution < 1.29 is 68.9 Å². The van der Waals surface area contributed by atoms with Gasteiger partial charge < -0.3 is 64.4 Å². The van der Waals surface area contributed by atoms with Crippen LogP contribution >= 0.6 is 7.82 Å². The quantitative estimate of drug-likeness (QED) is 0.0925. The summed E-state index contributed by atoms with van der Waals surface area (Å²) in [6, 6.07) is 15.3. The van der Waals surface area contributed by atoms with Gasteiger partial charge in [-0.05, 0) is 60.7 Å². The van der Waals surface area contributed by atoms with Crippen molar-refractivity contribution in [2.24, 2.45) is 0 Å². The van der Waals surface area contributed by atoms with Crippen LogP contribution in [0.25, 0.3) is 44.6 Å². The van der Waals surface area contributed by atoms with Gasteiger partial charge >= 0.3 is 7.82 Å². The van der Waals surface area contributed by atoms with Gasteiger partial charge in [0, 0.05) is 23.3 Å². The van der Waals surface area contributed by atoms with Gasteiger partial charge in [0.25, 0.3) is 0 Å². The van der Waals surface area contributed by atoms with E-state index in [4.69, 9.17) is 28.1 Å². The first-order valence-corrected chi connectivity index (χ1v) is 14.3. The van der Waals surface area contributed by atoms with Crippen LogP contribution in [-0.4, -0.2) is 55.5 Å². The Morgan fingerprint density at radius 2 is 0.809 bits per heavy atom. The van der Waals surface area contributed by atoms with Crippen LogP contribution in [0.5, 0.6) is 46.0 Å². The molecule has 0 aliphatic carbocycles. The van der Waals surface area contributed by atoms with Crippen LogP contribution in [0.4, 0.5) is 0 Å². The molecular weight excluding hydrogens is 647 g/mol. The molecule has 0 fully saturated rings.